The molecular weight excluding hydrogens is 220 g/mol. The maximum absolute atomic E-state index is 12.2. The molecule has 0 spiro atoms. The predicted molar refractivity (Wildman–Crippen MR) is 64.8 cm³/mol. The molecule has 1 aliphatic rings. The molecule has 98 valence electrons. The average Bonchev–Trinajstić information content (AvgIpc) is 2.27. The normalized spacial score (nSPS) is 23.1. The summed E-state index contributed by atoms with van der Waals surface area (Å²) >= 11 is 0. The number of likely N-dealkylation sites (N-methyl/N-ethyl adjacent to an activating group) is 2. The van der Waals surface area contributed by atoms with Crippen molar-refractivity contribution in [1.82, 2.24) is 9.80 Å². The molecule has 5 nitrogen and oxygen atoms in total. The SMILES string of the molecule is CC(CC(=O)O)N(C)C(=O)C1CCCCN1C. The molecule has 0 aromatic carbocycles. The van der Waals surface area contributed by atoms with Gasteiger partial charge in [-0.1, -0.05) is 6.42 Å². The summed E-state index contributed by atoms with van der Waals surface area (Å²) in [5.74, 6) is -0.824. The van der Waals surface area contributed by atoms with Crippen LogP contribution in [0, 0.1) is 0 Å². The highest BCUT2D eigenvalue weighted by atomic mass is 16.4. The maximum Gasteiger partial charge on any atom is 0.305 e. The van der Waals surface area contributed by atoms with Gasteiger partial charge >= 0.3 is 5.97 Å². The molecule has 1 rings (SSSR count). The molecule has 1 saturated heterocycles. The van der Waals surface area contributed by atoms with Gasteiger partial charge in [0.05, 0.1) is 12.5 Å². The van der Waals surface area contributed by atoms with Crippen molar-refractivity contribution in [1.29, 1.82) is 0 Å². The van der Waals surface area contributed by atoms with E-state index in [1.165, 1.54) is 0 Å². The number of nitrogens with zero attached hydrogens (tertiary/aromatic N) is 2. The van der Waals surface area contributed by atoms with E-state index in [0.29, 0.717) is 0 Å². The standard InChI is InChI=1S/C12H22N2O3/c1-9(8-11(15)16)14(3)12(17)10-6-4-5-7-13(10)2/h9-10H,4-8H2,1-3H3,(H,15,16). The van der Waals surface area contributed by atoms with E-state index in [9.17, 15) is 9.59 Å². The molecule has 1 aliphatic heterocycles. The fraction of sp³-hybridized carbons (Fsp3) is 0.833. The van der Waals surface area contributed by atoms with Crippen LogP contribution in [0.4, 0.5) is 0 Å². The van der Waals surface area contributed by atoms with Crippen LogP contribution in [0.25, 0.3) is 0 Å². The van der Waals surface area contributed by atoms with E-state index >= 15 is 0 Å². The van der Waals surface area contributed by atoms with Crippen LogP contribution >= 0.6 is 0 Å². The summed E-state index contributed by atoms with van der Waals surface area (Å²) in [6.45, 7) is 2.71. The largest absolute Gasteiger partial charge is 0.481 e. The zero-order valence-corrected chi connectivity index (χ0v) is 10.8. The number of carbonyl (C=O) groups excluding carboxylic acids is 1. The second-order valence-electron chi connectivity index (χ2n) is 4.89. The van der Waals surface area contributed by atoms with Gasteiger partial charge in [-0.05, 0) is 33.4 Å². The molecular formula is C12H22N2O3. The van der Waals surface area contributed by atoms with E-state index in [1.807, 2.05) is 7.05 Å². The summed E-state index contributed by atoms with van der Waals surface area (Å²) in [6.07, 6.45) is 3.08. The first-order valence-electron chi connectivity index (χ1n) is 6.12. The van der Waals surface area contributed by atoms with Crippen LogP contribution in [0.1, 0.15) is 32.6 Å². The Hall–Kier alpha value is -1.10. The molecule has 2 unspecified atom stereocenters. The summed E-state index contributed by atoms with van der Waals surface area (Å²) in [4.78, 5) is 26.5. The van der Waals surface area contributed by atoms with Crippen molar-refractivity contribution in [2.24, 2.45) is 0 Å². The lowest BCUT2D eigenvalue weighted by atomic mass is 10.0. The van der Waals surface area contributed by atoms with Crippen molar-refractivity contribution < 1.29 is 14.7 Å². The minimum atomic E-state index is -0.867. The maximum atomic E-state index is 12.2. The molecule has 2 atom stereocenters. The second kappa shape index (κ2) is 6.00. The third-order valence-electron chi connectivity index (χ3n) is 3.53. The molecule has 0 aromatic rings. The molecule has 0 aromatic heterocycles. The summed E-state index contributed by atoms with van der Waals surface area (Å²) in [6, 6.07) is -0.333. The molecule has 1 fully saturated rings. The smallest absolute Gasteiger partial charge is 0.305 e. The zero-order valence-electron chi connectivity index (χ0n) is 10.8. The molecule has 1 amide bonds. The topological polar surface area (TPSA) is 60.9 Å². The van der Waals surface area contributed by atoms with E-state index < -0.39 is 5.97 Å². The van der Waals surface area contributed by atoms with Crippen LogP contribution in [-0.2, 0) is 9.59 Å². The molecule has 1 heterocycles. The molecule has 1 N–H and O–H groups in total. The van der Waals surface area contributed by atoms with E-state index in [4.69, 9.17) is 5.11 Å². The highest BCUT2D eigenvalue weighted by Gasteiger charge is 2.30. The number of carboxylic acids is 1. The summed E-state index contributed by atoms with van der Waals surface area (Å²) in [5.41, 5.74) is 0. The van der Waals surface area contributed by atoms with Crippen LogP contribution in [0.3, 0.4) is 0 Å². The number of hydrogen-bond donors (Lipinski definition) is 1. The number of hydrogen-bond acceptors (Lipinski definition) is 3. The van der Waals surface area contributed by atoms with Crippen LogP contribution in [-0.4, -0.2) is 59.5 Å². The first kappa shape index (κ1) is 14.0. The summed E-state index contributed by atoms with van der Waals surface area (Å²) in [7, 11) is 3.65. The Bertz CT molecular complexity index is 293. The Labute approximate surface area is 102 Å². The van der Waals surface area contributed by atoms with E-state index in [0.717, 1.165) is 25.8 Å². The van der Waals surface area contributed by atoms with Crippen molar-refractivity contribution >= 4 is 11.9 Å². The van der Waals surface area contributed by atoms with Crippen LogP contribution in [0.2, 0.25) is 0 Å². The molecule has 0 saturated carbocycles. The van der Waals surface area contributed by atoms with Gasteiger partial charge in [0.25, 0.3) is 0 Å². The number of piperidine rings is 1. The highest BCUT2D eigenvalue weighted by molar-refractivity contribution is 5.82. The Balaban J connectivity index is 2.58. The molecule has 5 heteroatoms. The van der Waals surface area contributed by atoms with Crippen LogP contribution in [0.5, 0.6) is 0 Å². The number of amides is 1. The zero-order chi connectivity index (χ0) is 13.0. The first-order chi connectivity index (χ1) is 7.93. The number of carbonyl (C=O) groups is 2. The fourth-order valence-electron chi connectivity index (χ4n) is 2.23. The lowest BCUT2D eigenvalue weighted by molar-refractivity contribution is -0.142. The lowest BCUT2D eigenvalue weighted by Gasteiger charge is -2.35. The van der Waals surface area contributed by atoms with Crippen molar-refractivity contribution in [3.05, 3.63) is 0 Å². The third kappa shape index (κ3) is 3.70. The third-order valence-corrected chi connectivity index (χ3v) is 3.53. The first-order valence-corrected chi connectivity index (χ1v) is 6.12. The van der Waals surface area contributed by atoms with Gasteiger partial charge in [-0.15, -0.1) is 0 Å². The minimum absolute atomic E-state index is 0.00132. The van der Waals surface area contributed by atoms with Gasteiger partial charge in [-0.25, -0.2) is 0 Å². The second-order valence-corrected chi connectivity index (χ2v) is 4.89. The minimum Gasteiger partial charge on any atom is -0.481 e. The number of aliphatic carboxylic acids is 1. The number of carboxylic acid groups (broad SMARTS) is 1. The average molecular weight is 242 g/mol. The van der Waals surface area contributed by atoms with Gasteiger partial charge in [0.2, 0.25) is 5.91 Å². The fourth-order valence-corrected chi connectivity index (χ4v) is 2.23. The van der Waals surface area contributed by atoms with E-state index in [-0.39, 0.29) is 24.4 Å². The Morgan fingerprint density at radius 1 is 1.47 bits per heavy atom. The Morgan fingerprint density at radius 2 is 2.12 bits per heavy atom. The molecule has 17 heavy (non-hydrogen) atoms. The predicted octanol–water partition coefficient (Wildman–Crippen LogP) is 0.792. The van der Waals surface area contributed by atoms with Crippen molar-refractivity contribution in [2.75, 3.05) is 20.6 Å². The molecule has 0 aliphatic carbocycles. The van der Waals surface area contributed by atoms with Crippen molar-refractivity contribution in [3.63, 3.8) is 0 Å². The van der Waals surface area contributed by atoms with Crippen molar-refractivity contribution in [2.45, 2.75) is 44.7 Å². The number of likely N-dealkylation sites (tertiary alicyclic amines) is 1. The van der Waals surface area contributed by atoms with Gasteiger partial charge in [0.15, 0.2) is 0 Å². The van der Waals surface area contributed by atoms with Gasteiger partial charge in [0, 0.05) is 13.1 Å². The monoisotopic (exact) mass is 242 g/mol. The molecule has 0 radical (unpaired) electrons. The quantitative estimate of drug-likeness (QED) is 0.792. The van der Waals surface area contributed by atoms with Crippen LogP contribution in [0.15, 0.2) is 0 Å². The van der Waals surface area contributed by atoms with Gasteiger partial charge < -0.3 is 10.0 Å². The Morgan fingerprint density at radius 3 is 2.65 bits per heavy atom. The van der Waals surface area contributed by atoms with Crippen LogP contribution < -0.4 is 0 Å². The number of rotatable bonds is 4. The van der Waals surface area contributed by atoms with E-state index in [1.54, 1.807) is 18.9 Å². The highest BCUT2D eigenvalue weighted by Crippen LogP contribution is 2.18. The summed E-state index contributed by atoms with van der Waals surface area (Å²) in [5, 5.41) is 8.73. The van der Waals surface area contributed by atoms with Gasteiger partial charge in [-0.3, -0.25) is 14.5 Å². The van der Waals surface area contributed by atoms with E-state index in [2.05, 4.69) is 4.90 Å². The lowest BCUT2D eigenvalue weighted by Crippen LogP contribution is -2.50. The summed E-state index contributed by atoms with van der Waals surface area (Å²) < 4.78 is 0. The van der Waals surface area contributed by atoms with Gasteiger partial charge in [0.1, 0.15) is 0 Å². The Kier molecular flexibility index (Phi) is 4.93. The van der Waals surface area contributed by atoms with Gasteiger partial charge in [-0.2, -0.15) is 0 Å². The van der Waals surface area contributed by atoms with Crippen molar-refractivity contribution in [3.8, 4) is 0 Å². The molecule has 0 bridgehead atoms.